The first-order valence-electron chi connectivity index (χ1n) is 5.79. The van der Waals surface area contributed by atoms with Crippen LogP contribution in [-0.2, 0) is 6.42 Å². The van der Waals surface area contributed by atoms with Crippen molar-refractivity contribution in [3.63, 3.8) is 0 Å². The minimum absolute atomic E-state index is 0.0596. The monoisotopic (exact) mass is 272 g/mol. The fourth-order valence-corrected chi connectivity index (χ4v) is 1.61. The number of allylic oxidation sites excluding steroid dienone is 3. The van der Waals surface area contributed by atoms with Gasteiger partial charge < -0.3 is 9.84 Å². The average molecular weight is 272 g/mol. The van der Waals surface area contributed by atoms with Crippen LogP contribution in [0.15, 0.2) is 30.1 Å². The minimum atomic E-state index is -1.39. The van der Waals surface area contributed by atoms with Gasteiger partial charge in [-0.15, -0.1) is 0 Å². The second-order valence-electron chi connectivity index (χ2n) is 3.80. The van der Waals surface area contributed by atoms with Gasteiger partial charge in [-0.3, -0.25) is 0 Å². The van der Waals surface area contributed by atoms with Crippen LogP contribution in [0.2, 0.25) is 0 Å². The third kappa shape index (κ3) is 3.53. The molecule has 1 aromatic carbocycles. The first kappa shape index (κ1) is 15.1. The molecular weight excluding hydrogens is 257 g/mol. The zero-order valence-electron chi connectivity index (χ0n) is 10.7. The van der Waals surface area contributed by atoms with Crippen molar-refractivity contribution in [1.82, 2.24) is 0 Å². The molecule has 0 aromatic heterocycles. The summed E-state index contributed by atoms with van der Waals surface area (Å²) in [6.45, 7) is 3.47. The second-order valence-corrected chi connectivity index (χ2v) is 3.80. The van der Waals surface area contributed by atoms with Crippen molar-refractivity contribution in [1.29, 1.82) is 0 Å². The summed E-state index contributed by atoms with van der Waals surface area (Å²) in [7, 11) is 0. The summed E-state index contributed by atoms with van der Waals surface area (Å²) in [5, 5.41) is 9.54. The molecule has 0 bridgehead atoms. The van der Waals surface area contributed by atoms with Crippen LogP contribution < -0.4 is 4.74 Å². The predicted octanol–water partition coefficient (Wildman–Crippen LogP) is 4.04. The number of halogens is 3. The van der Waals surface area contributed by atoms with Gasteiger partial charge in [0.15, 0.2) is 11.5 Å². The van der Waals surface area contributed by atoms with Crippen molar-refractivity contribution in [2.45, 2.75) is 20.3 Å². The van der Waals surface area contributed by atoms with E-state index >= 15 is 0 Å². The number of phenolic OH excluding ortho intramolecular Hbond substituents is 1. The third-order valence-electron chi connectivity index (χ3n) is 2.44. The van der Waals surface area contributed by atoms with Crippen LogP contribution >= 0.6 is 0 Å². The van der Waals surface area contributed by atoms with Crippen molar-refractivity contribution < 1.29 is 23.0 Å². The Bertz CT molecular complexity index is 508. The largest absolute Gasteiger partial charge is 0.505 e. The molecule has 0 aliphatic heterocycles. The van der Waals surface area contributed by atoms with Gasteiger partial charge >= 0.3 is 0 Å². The Morgan fingerprint density at radius 3 is 2.58 bits per heavy atom. The van der Waals surface area contributed by atoms with Gasteiger partial charge in [-0.1, -0.05) is 12.2 Å². The zero-order valence-corrected chi connectivity index (χ0v) is 10.7. The fraction of sp³-hybridized carbons (Fsp3) is 0.286. The highest BCUT2D eigenvalue weighted by atomic mass is 19.2. The Kier molecular flexibility index (Phi) is 5.48. The molecule has 0 amide bonds. The van der Waals surface area contributed by atoms with E-state index in [4.69, 9.17) is 4.74 Å². The molecule has 0 radical (unpaired) electrons. The Morgan fingerprint density at radius 1 is 1.37 bits per heavy atom. The normalized spacial score (nSPS) is 12.2. The number of hydrogen-bond donors (Lipinski definition) is 1. The lowest BCUT2D eigenvalue weighted by Gasteiger charge is -2.11. The molecule has 0 saturated carbocycles. The first-order chi connectivity index (χ1) is 9.04. The number of benzene rings is 1. The Morgan fingerprint density at radius 2 is 2.05 bits per heavy atom. The van der Waals surface area contributed by atoms with Gasteiger partial charge in [0.1, 0.15) is 0 Å². The van der Waals surface area contributed by atoms with Crippen LogP contribution in [0.1, 0.15) is 19.4 Å². The number of aromatic hydroxyl groups is 1. The third-order valence-corrected chi connectivity index (χ3v) is 2.44. The molecule has 0 aliphatic rings. The van der Waals surface area contributed by atoms with Crippen molar-refractivity contribution in [3.05, 3.63) is 47.3 Å². The minimum Gasteiger partial charge on any atom is -0.505 e. The summed E-state index contributed by atoms with van der Waals surface area (Å²) in [5.74, 6) is -3.77. The molecule has 0 unspecified atom stereocenters. The average Bonchev–Trinajstić information content (AvgIpc) is 2.41. The molecule has 104 valence electrons. The van der Waals surface area contributed by atoms with E-state index in [-0.39, 0.29) is 29.9 Å². The van der Waals surface area contributed by atoms with Crippen molar-refractivity contribution in [2.75, 3.05) is 6.61 Å². The molecule has 2 nitrogen and oxygen atoms in total. The lowest BCUT2D eigenvalue weighted by atomic mass is 10.0. The van der Waals surface area contributed by atoms with Crippen LogP contribution in [0.5, 0.6) is 11.5 Å². The molecule has 0 atom stereocenters. The molecule has 19 heavy (non-hydrogen) atoms. The van der Waals surface area contributed by atoms with E-state index in [1.165, 1.54) is 12.1 Å². The highest BCUT2D eigenvalue weighted by Crippen LogP contribution is 2.32. The number of hydrogen-bond acceptors (Lipinski definition) is 2. The van der Waals surface area contributed by atoms with Crippen LogP contribution in [0.25, 0.3) is 0 Å². The quantitative estimate of drug-likeness (QED) is 0.820. The van der Waals surface area contributed by atoms with Crippen LogP contribution in [0.4, 0.5) is 13.2 Å². The Labute approximate surface area is 109 Å². The summed E-state index contributed by atoms with van der Waals surface area (Å²) in [5.41, 5.74) is 0.288. The van der Waals surface area contributed by atoms with Crippen molar-refractivity contribution in [2.24, 2.45) is 0 Å². The van der Waals surface area contributed by atoms with Crippen LogP contribution in [0, 0.1) is 11.6 Å². The SMILES string of the molecule is C/C=C\C(=C\F)Cc1cc(OCC)c(F)c(F)c1O. The highest BCUT2D eigenvalue weighted by molar-refractivity contribution is 5.44. The molecule has 1 aromatic rings. The number of phenols is 1. The van der Waals surface area contributed by atoms with Gasteiger partial charge in [0, 0.05) is 12.0 Å². The van der Waals surface area contributed by atoms with Gasteiger partial charge in [-0.05, 0) is 25.5 Å². The molecule has 1 rings (SSSR count). The lowest BCUT2D eigenvalue weighted by molar-refractivity contribution is 0.307. The Hall–Kier alpha value is -1.91. The standard InChI is InChI=1S/C14H15F3O2/c1-3-5-9(8-15)6-10-7-11(19-4-2)12(16)13(17)14(10)18/h3,5,7-8,18H,4,6H2,1-2H3/b5-3-,9-8-. The molecule has 0 saturated heterocycles. The summed E-state index contributed by atoms with van der Waals surface area (Å²) in [6, 6.07) is 1.17. The summed E-state index contributed by atoms with van der Waals surface area (Å²) in [4.78, 5) is 0. The van der Waals surface area contributed by atoms with Gasteiger partial charge in [-0.25, -0.2) is 4.39 Å². The summed E-state index contributed by atoms with van der Waals surface area (Å²) in [6.07, 6.45) is 3.36. The smallest absolute Gasteiger partial charge is 0.204 e. The van der Waals surface area contributed by atoms with Crippen LogP contribution in [-0.4, -0.2) is 11.7 Å². The number of rotatable bonds is 5. The van der Waals surface area contributed by atoms with Crippen molar-refractivity contribution >= 4 is 0 Å². The molecular formula is C14H15F3O2. The van der Waals surface area contributed by atoms with E-state index in [0.29, 0.717) is 6.33 Å². The molecule has 0 heterocycles. The van der Waals surface area contributed by atoms with Gasteiger partial charge in [-0.2, -0.15) is 8.78 Å². The van der Waals surface area contributed by atoms with Gasteiger partial charge in [0.25, 0.3) is 0 Å². The van der Waals surface area contributed by atoms with E-state index in [0.717, 1.165) is 0 Å². The second kappa shape index (κ2) is 6.87. The topological polar surface area (TPSA) is 29.5 Å². The van der Waals surface area contributed by atoms with Crippen molar-refractivity contribution in [3.8, 4) is 11.5 Å². The molecule has 0 fully saturated rings. The van der Waals surface area contributed by atoms with E-state index in [1.54, 1.807) is 19.9 Å². The van der Waals surface area contributed by atoms with E-state index in [1.807, 2.05) is 0 Å². The lowest BCUT2D eigenvalue weighted by Crippen LogP contribution is -2.01. The Balaban J connectivity index is 3.20. The maximum absolute atomic E-state index is 13.5. The maximum Gasteiger partial charge on any atom is 0.204 e. The molecule has 1 N–H and O–H groups in total. The maximum atomic E-state index is 13.5. The number of ether oxygens (including phenoxy) is 1. The van der Waals surface area contributed by atoms with Crippen LogP contribution in [0.3, 0.4) is 0 Å². The highest BCUT2D eigenvalue weighted by Gasteiger charge is 2.19. The van der Waals surface area contributed by atoms with Gasteiger partial charge in [0.2, 0.25) is 11.6 Å². The summed E-state index contributed by atoms with van der Waals surface area (Å²) < 4.78 is 44.4. The van der Waals surface area contributed by atoms with Gasteiger partial charge in [0.05, 0.1) is 12.9 Å². The van der Waals surface area contributed by atoms with E-state index in [2.05, 4.69) is 0 Å². The molecule has 5 heteroatoms. The molecule has 0 aliphatic carbocycles. The van der Waals surface area contributed by atoms with E-state index in [9.17, 15) is 18.3 Å². The fourth-order valence-electron chi connectivity index (χ4n) is 1.61. The molecule has 0 spiro atoms. The van der Waals surface area contributed by atoms with E-state index < -0.39 is 17.4 Å². The predicted molar refractivity (Wildman–Crippen MR) is 66.9 cm³/mol. The zero-order chi connectivity index (χ0) is 14.4. The summed E-state index contributed by atoms with van der Waals surface area (Å²) >= 11 is 0. The first-order valence-corrected chi connectivity index (χ1v) is 5.79.